The third kappa shape index (κ3) is 4.84. The van der Waals surface area contributed by atoms with Crippen molar-refractivity contribution in [1.29, 1.82) is 0 Å². The Labute approximate surface area is 110 Å². The van der Waals surface area contributed by atoms with Crippen LogP contribution in [0.3, 0.4) is 0 Å². The minimum atomic E-state index is 0.196. The van der Waals surface area contributed by atoms with E-state index in [4.69, 9.17) is 18.0 Å². The van der Waals surface area contributed by atoms with Crippen LogP contribution in [0, 0.1) is 5.92 Å². The Morgan fingerprint density at radius 3 is 2.35 bits per heavy atom. The lowest BCUT2D eigenvalue weighted by atomic mass is 9.89. The molecule has 0 radical (unpaired) electrons. The second-order valence-electron chi connectivity index (χ2n) is 4.97. The molecule has 0 spiro atoms. The topological polar surface area (TPSA) is 29.3 Å². The number of rotatable bonds is 6. The van der Waals surface area contributed by atoms with E-state index in [9.17, 15) is 0 Å². The second-order valence-corrected chi connectivity index (χ2v) is 5.44. The van der Waals surface area contributed by atoms with Crippen molar-refractivity contribution < 1.29 is 0 Å². The summed E-state index contributed by atoms with van der Waals surface area (Å²) in [6.07, 6.45) is 1.01. The van der Waals surface area contributed by atoms with Crippen LogP contribution in [0.4, 0.5) is 0 Å². The molecule has 0 aliphatic carbocycles. The number of thiocarbonyl (C=S) groups is 1. The molecule has 0 aromatic heterocycles. The van der Waals surface area contributed by atoms with Crippen LogP contribution in [-0.2, 0) is 0 Å². The first-order chi connectivity index (χ1) is 8.00. The smallest absolute Gasteiger partial charge is 0.0803 e. The molecule has 94 valence electrons. The summed E-state index contributed by atoms with van der Waals surface area (Å²) >= 11 is 5.20. The number of nitrogens with zero attached hydrogens (tertiary/aromatic N) is 1. The maximum Gasteiger partial charge on any atom is 0.0803 e. The molecule has 17 heavy (non-hydrogen) atoms. The molecule has 0 fully saturated rings. The Hall–Kier alpha value is -0.930. The van der Waals surface area contributed by atoms with Gasteiger partial charge in [-0.3, -0.25) is 0 Å². The number of benzene rings is 1. The van der Waals surface area contributed by atoms with Crippen LogP contribution in [0.2, 0.25) is 0 Å². The third-order valence-electron chi connectivity index (χ3n) is 2.86. The molecule has 3 heteroatoms. The van der Waals surface area contributed by atoms with Crippen molar-refractivity contribution in [2.75, 3.05) is 20.6 Å². The zero-order valence-corrected chi connectivity index (χ0v) is 11.7. The van der Waals surface area contributed by atoms with Crippen LogP contribution in [0.15, 0.2) is 30.3 Å². The van der Waals surface area contributed by atoms with Crippen molar-refractivity contribution in [2.24, 2.45) is 11.7 Å². The zero-order chi connectivity index (χ0) is 12.8. The lowest BCUT2D eigenvalue weighted by molar-refractivity contribution is 0.324. The van der Waals surface area contributed by atoms with Crippen LogP contribution in [0.5, 0.6) is 0 Å². The van der Waals surface area contributed by atoms with E-state index in [2.05, 4.69) is 38.1 Å². The van der Waals surface area contributed by atoms with Gasteiger partial charge >= 0.3 is 0 Å². The summed E-state index contributed by atoms with van der Waals surface area (Å²) in [4.78, 5) is 2.80. The van der Waals surface area contributed by atoms with E-state index in [1.165, 1.54) is 5.56 Å². The molecule has 0 heterocycles. The fraction of sp³-hybridized carbons (Fsp3) is 0.500. The summed E-state index contributed by atoms with van der Waals surface area (Å²) in [5.74, 6) is 0.776. The largest absolute Gasteiger partial charge is 0.393 e. The summed E-state index contributed by atoms with van der Waals surface area (Å²) in [7, 11) is 4.18. The molecular weight excluding hydrogens is 228 g/mol. The molecule has 2 unspecified atom stereocenters. The van der Waals surface area contributed by atoms with Gasteiger partial charge in [-0.25, -0.2) is 0 Å². The molecule has 0 aliphatic heterocycles. The summed E-state index contributed by atoms with van der Waals surface area (Å²) in [6.45, 7) is 3.31. The Morgan fingerprint density at radius 2 is 1.88 bits per heavy atom. The molecule has 0 saturated carbocycles. The van der Waals surface area contributed by atoms with Gasteiger partial charge in [-0.05, 0) is 32.0 Å². The lowest BCUT2D eigenvalue weighted by Crippen LogP contribution is -2.26. The van der Waals surface area contributed by atoms with E-state index in [1.54, 1.807) is 0 Å². The summed E-state index contributed by atoms with van der Waals surface area (Å²) < 4.78 is 0. The summed E-state index contributed by atoms with van der Waals surface area (Å²) in [5, 5.41) is 0. The Balaban J connectivity index is 2.71. The molecule has 0 bridgehead atoms. The minimum absolute atomic E-state index is 0.196. The molecule has 1 rings (SSSR count). The fourth-order valence-corrected chi connectivity index (χ4v) is 2.43. The predicted octanol–water partition coefficient (Wildman–Crippen LogP) is 2.64. The van der Waals surface area contributed by atoms with Crippen molar-refractivity contribution in [1.82, 2.24) is 4.90 Å². The molecule has 0 aliphatic rings. The zero-order valence-electron chi connectivity index (χ0n) is 10.9. The first-order valence-corrected chi connectivity index (χ1v) is 6.40. The maximum atomic E-state index is 5.87. The summed E-state index contributed by atoms with van der Waals surface area (Å²) in [6, 6.07) is 10.3. The SMILES string of the molecule is CC(CC(C(N)=S)c1ccccc1)CN(C)C. The molecule has 2 N–H and O–H groups in total. The average molecular weight is 250 g/mol. The van der Waals surface area contributed by atoms with E-state index in [1.807, 2.05) is 18.2 Å². The minimum Gasteiger partial charge on any atom is -0.393 e. The highest BCUT2D eigenvalue weighted by atomic mass is 32.1. The highest BCUT2D eigenvalue weighted by Gasteiger charge is 2.18. The van der Waals surface area contributed by atoms with Crippen LogP contribution in [0.1, 0.15) is 24.8 Å². The molecule has 1 aromatic rings. The van der Waals surface area contributed by atoms with Crippen molar-refractivity contribution in [3.63, 3.8) is 0 Å². The molecular formula is C14H22N2S. The predicted molar refractivity (Wildman–Crippen MR) is 78.3 cm³/mol. The highest BCUT2D eigenvalue weighted by Crippen LogP contribution is 2.24. The van der Waals surface area contributed by atoms with E-state index >= 15 is 0 Å². The monoisotopic (exact) mass is 250 g/mol. The highest BCUT2D eigenvalue weighted by molar-refractivity contribution is 7.80. The van der Waals surface area contributed by atoms with Crippen LogP contribution in [0.25, 0.3) is 0 Å². The first kappa shape index (κ1) is 14.1. The number of nitrogens with two attached hydrogens (primary N) is 1. The van der Waals surface area contributed by atoms with Crippen molar-refractivity contribution in [2.45, 2.75) is 19.3 Å². The van der Waals surface area contributed by atoms with Gasteiger partial charge in [-0.2, -0.15) is 0 Å². The third-order valence-corrected chi connectivity index (χ3v) is 3.14. The van der Waals surface area contributed by atoms with E-state index in [-0.39, 0.29) is 5.92 Å². The normalized spacial score (nSPS) is 14.6. The standard InChI is InChI=1S/C14H22N2S/c1-11(10-16(2)3)9-13(14(15)17)12-7-5-4-6-8-12/h4-8,11,13H,9-10H2,1-3H3,(H2,15,17). The molecule has 1 aromatic carbocycles. The molecule has 0 saturated heterocycles. The summed E-state index contributed by atoms with van der Waals surface area (Å²) in [5.41, 5.74) is 7.09. The van der Waals surface area contributed by atoms with E-state index < -0.39 is 0 Å². The maximum absolute atomic E-state index is 5.87. The van der Waals surface area contributed by atoms with Gasteiger partial charge in [0.1, 0.15) is 0 Å². The molecule has 2 atom stereocenters. The van der Waals surface area contributed by atoms with Gasteiger partial charge in [0.05, 0.1) is 4.99 Å². The van der Waals surface area contributed by atoms with Gasteiger partial charge in [-0.1, -0.05) is 49.5 Å². The van der Waals surface area contributed by atoms with Crippen LogP contribution < -0.4 is 5.73 Å². The van der Waals surface area contributed by atoms with Gasteiger partial charge in [0.2, 0.25) is 0 Å². The van der Waals surface area contributed by atoms with Crippen LogP contribution >= 0.6 is 12.2 Å². The van der Waals surface area contributed by atoms with Crippen molar-refractivity contribution >= 4 is 17.2 Å². The quantitative estimate of drug-likeness (QED) is 0.787. The van der Waals surface area contributed by atoms with Crippen molar-refractivity contribution in [3.8, 4) is 0 Å². The Kier molecular flexibility index (Phi) is 5.59. The molecule has 0 amide bonds. The lowest BCUT2D eigenvalue weighted by Gasteiger charge is -2.22. The Bertz CT molecular complexity index is 348. The number of hydrogen-bond donors (Lipinski definition) is 1. The second kappa shape index (κ2) is 6.72. The van der Waals surface area contributed by atoms with Crippen LogP contribution in [-0.4, -0.2) is 30.5 Å². The molecule has 2 nitrogen and oxygen atoms in total. The van der Waals surface area contributed by atoms with Gasteiger partial charge in [0, 0.05) is 12.5 Å². The average Bonchev–Trinajstić information content (AvgIpc) is 2.25. The Morgan fingerprint density at radius 1 is 1.29 bits per heavy atom. The first-order valence-electron chi connectivity index (χ1n) is 5.99. The van der Waals surface area contributed by atoms with Crippen molar-refractivity contribution in [3.05, 3.63) is 35.9 Å². The fourth-order valence-electron chi connectivity index (χ4n) is 2.20. The van der Waals surface area contributed by atoms with Gasteiger partial charge in [-0.15, -0.1) is 0 Å². The van der Waals surface area contributed by atoms with E-state index in [0.29, 0.717) is 10.9 Å². The van der Waals surface area contributed by atoms with Gasteiger partial charge in [0.15, 0.2) is 0 Å². The number of hydrogen-bond acceptors (Lipinski definition) is 2. The van der Waals surface area contributed by atoms with Gasteiger partial charge in [0.25, 0.3) is 0 Å². The van der Waals surface area contributed by atoms with Gasteiger partial charge < -0.3 is 10.6 Å². The van der Waals surface area contributed by atoms with E-state index in [0.717, 1.165) is 13.0 Å².